The first-order chi connectivity index (χ1) is 9.94. The first-order valence-corrected chi connectivity index (χ1v) is 6.86. The molecule has 1 aromatic carbocycles. The Kier molecular flexibility index (Phi) is 4.88. The molecule has 114 valence electrons. The van der Waals surface area contributed by atoms with Crippen LogP contribution < -0.4 is 5.32 Å². The van der Waals surface area contributed by atoms with Crippen molar-refractivity contribution in [2.75, 3.05) is 5.32 Å². The molecule has 1 heterocycles. The fourth-order valence-electron chi connectivity index (χ4n) is 2.13. The summed E-state index contributed by atoms with van der Waals surface area (Å²) in [6, 6.07) is 7.69. The van der Waals surface area contributed by atoms with E-state index in [1.54, 1.807) is 12.5 Å². The Morgan fingerprint density at radius 1 is 1.33 bits per heavy atom. The maximum Gasteiger partial charge on any atom is 0.389 e. The molecule has 1 atom stereocenters. The molecule has 3 nitrogen and oxygen atoms in total. The fourth-order valence-corrected chi connectivity index (χ4v) is 2.13. The summed E-state index contributed by atoms with van der Waals surface area (Å²) in [4.78, 5) is 3.99. The van der Waals surface area contributed by atoms with Crippen LogP contribution in [0.25, 0.3) is 5.69 Å². The minimum Gasteiger partial charge on any atom is -0.383 e. The third kappa shape index (κ3) is 5.13. The Balaban J connectivity index is 1.89. The first-order valence-electron chi connectivity index (χ1n) is 6.86. The Morgan fingerprint density at radius 3 is 2.81 bits per heavy atom. The van der Waals surface area contributed by atoms with Crippen molar-refractivity contribution < 1.29 is 13.2 Å². The predicted molar refractivity (Wildman–Crippen MR) is 76.6 cm³/mol. The number of aromatic nitrogens is 2. The average Bonchev–Trinajstić information content (AvgIpc) is 2.91. The molecule has 0 spiro atoms. The van der Waals surface area contributed by atoms with E-state index in [0.717, 1.165) is 11.4 Å². The summed E-state index contributed by atoms with van der Waals surface area (Å²) >= 11 is 0. The topological polar surface area (TPSA) is 29.9 Å². The number of hydrogen-bond acceptors (Lipinski definition) is 2. The minimum absolute atomic E-state index is 0.00890. The van der Waals surface area contributed by atoms with Crippen LogP contribution in [0.4, 0.5) is 18.9 Å². The van der Waals surface area contributed by atoms with Gasteiger partial charge in [0.05, 0.1) is 6.33 Å². The minimum atomic E-state index is -4.07. The molecule has 0 bridgehead atoms. The van der Waals surface area contributed by atoms with E-state index in [4.69, 9.17) is 0 Å². The van der Waals surface area contributed by atoms with Gasteiger partial charge in [-0.1, -0.05) is 6.07 Å². The summed E-state index contributed by atoms with van der Waals surface area (Å²) in [7, 11) is 0. The van der Waals surface area contributed by atoms with Gasteiger partial charge in [-0.05, 0) is 38.0 Å². The van der Waals surface area contributed by atoms with Gasteiger partial charge in [-0.3, -0.25) is 0 Å². The largest absolute Gasteiger partial charge is 0.389 e. The van der Waals surface area contributed by atoms with Gasteiger partial charge in [0.2, 0.25) is 0 Å². The van der Waals surface area contributed by atoms with Crippen LogP contribution in [0.5, 0.6) is 0 Å². The quantitative estimate of drug-likeness (QED) is 0.856. The number of rotatable bonds is 6. The predicted octanol–water partition coefficient (Wildman–Crippen LogP) is 4.41. The lowest BCUT2D eigenvalue weighted by Gasteiger charge is -2.16. The molecule has 0 aliphatic heterocycles. The second-order valence-corrected chi connectivity index (χ2v) is 5.07. The van der Waals surface area contributed by atoms with Crippen LogP contribution in [0.1, 0.15) is 26.2 Å². The molecule has 0 aliphatic carbocycles. The second kappa shape index (κ2) is 6.65. The smallest absolute Gasteiger partial charge is 0.383 e. The molecule has 0 amide bonds. The van der Waals surface area contributed by atoms with Crippen molar-refractivity contribution in [2.24, 2.45) is 0 Å². The molecule has 0 aliphatic rings. The highest BCUT2D eigenvalue weighted by Gasteiger charge is 2.26. The van der Waals surface area contributed by atoms with Gasteiger partial charge < -0.3 is 9.88 Å². The summed E-state index contributed by atoms with van der Waals surface area (Å²) in [6.45, 7) is 1.89. The van der Waals surface area contributed by atoms with E-state index in [0.29, 0.717) is 6.42 Å². The zero-order chi connectivity index (χ0) is 15.3. The molecule has 1 aromatic heterocycles. The van der Waals surface area contributed by atoms with E-state index in [-0.39, 0.29) is 12.5 Å². The van der Waals surface area contributed by atoms with Gasteiger partial charge in [-0.2, -0.15) is 13.2 Å². The number of nitrogens with zero attached hydrogens (tertiary/aromatic N) is 2. The molecule has 1 unspecified atom stereocenters. The average molecular weight is 297 g/mol. The SMILES string of the molecule is CC(CCCC(F)(F)F)Nc1cccc(-n2ccnc2)c1. The van der Waals surface area contributed by atoms with Gasteiger partial charge in [0.1, 0.15) is 0 Å². The Morgan fingerprint density at radius 2 is 2.14 bits per heavy atom. The van der Waals surface area contributed by atoms with Crippen molar-refractivity contribution in [3.8, 4) is 5.69 Å². The van der Waals surface area contributed by atoms with E-state index in [1.165, 1.54) is 0 Å². The van der Waals surface area contributed by atoms with Crippen LogP contribution in [0.15, 0.2) is 43.0 Å². The standard InChI is InChI=1S/C15H18F3N3/c1-12(4-3-7-15(16,17)18)20-13-5-2-6-14(10-13)21-9-8-19-11-21/h2,5-6,8-12,20H,3-4,7H2,1H3. The second-order valence-electron chi connectivity index (χ2n) is 5.07. The highest BCUT2D eigenvalue weighted by molar-refractivity contribution is 5.51. The summed E-state index contributed by atoms with van der Waals surface area (Å²) in [5.41, 5.74) is 1.85. The lowest BCUT2D eigenvalue weighted by atomic mass is 10.1. The van der Waals surface area contributed by atoms with Gasteiger partial charge in [-0.15, -0.1) is 0 Å². The molecular formula is C15H18F3N3. The highest BCUT2D eigenvalue weighted by Crippen LogP contribution is 2.23. The van der Waals surface area contributed by atoms with E-state index in [1.807, 2.05) is 42.0 Å². The van der Waals surface area contributed by atoms with Crippen molar-refractivity contribution in [1.29, 1.82) is 0 Å². The molecule has 0 saturated heterocycles. The Hall–Kier alpha value is -1.98. The number of halogens is 3. The van der Waals surface area contributed by atoms with E-state index in [9.17, 15) is 13.2 Å². The number of anilines is 1. The number of benzene rings is 1. The third-order valence-corrected chi connectivity index (χ3v) is 3.16. The van der Waals surface area contributed by atoms with Crippen molar-refractivity contribution in [1.82, 2.24) is 9.55 Å². The lowest BCUT2D eigenvalue weighted by Crippen LogP contribution is -2.16. The van der Waals surface area contributed by atoms with Crippen molar-refractivity contribution in [3.05, 3.63) is 43.0 Å². The maximum atomic E-state index is 12.1. The number of imidazole rings is 1. The van der Waals surface area contributed by atoms with Crippen LogP contribution in [0, 0.1) is 0 Å². The number of alkyl halides is 3. The molecular weight excluding hydrogens is 279 g/mol. The molecule has 2 rings (SSSR count). The molecule has 0 saturated carbocycles. The molecule has 2 aromatic rings. The summed E-state index contributed by atoms with van der Waals surface area (Å²) in [5.74, 6) is 0. The monoisotopic (exact) mass is 297 g/mol. The van der Waals surface area contributed by atoms with E-state index < -0.39 is 12.6 Å². The zero-order valence-corrected chi connectivity index (χ0v) is 11.8. The summed E-state index contributed by atoms with van der Waals surface area (Å²) in [5, 5.41) is 3.23. The van der Waals surface area contributed by atoms with Gasteiger partial charge in [0.25, 0.3) is 0 Å². The molecule has 0 radical (unpaired) electrons. The molecule has 6 heteroatoms. The van der Waals surface area contributed by atoms with Gasteiger partial charge in [0, 0.05) is 36.2 Å². The van der Waals surface area contributed by atoms with Crippen molar-refractivity contribution in [2.45, 2.75) is 38.4 Å². The van der Waals surface area contributed by atoms with Crippen LogP contribution in [0.2, 0.25) is 0 Å². The lowest BCUT2D eigenvalue weighted by molar-refractivity contribution is -0.135. The fraction of sp³-hybridized carbons (Fsp3) is 0.400. The molecule has 21 heavy (non-hydrogen) atoms. The van der Waals surface area contributed by atoms with Crippen LogP contribution in [-0.2, 0) is 0 Å². The Labute approximate surface area is 121 Å². The zero-order valence-electron chi connectivity index (χ0n) is 11.8. The third-order valence-electron chi connectivity index (χ3n) is 3.16. The Bertz CT molecular complexity index is 550. The summed E-state index contributed by atoms with van der Waals surface area (Å²) < 4.78 is 38.2. The number of hydrogen-bond donors (Lipinski definition) is 1. The van der Waals surface area contributed by atoms with Gasteiger partial charge in [-0.25, -0.2) is 4.98 Å². The van der Waals surface area contributed by atoms with Crippen molar-refractivity contribution in [3.63, 3.8) is 0 Å². The van der Waals surface area contributed by atoms with Gasteiger partial charge in [0.15, 0.2) is 0 Å². The normalized spacial score (nSPS) is 13.1. The number of nitrogens with one attached hydrogen (secondary N) is 1. The maximum absolute atomic E-state index is 12.1. The highest BCUT2D eigenvalue weighted by atomic mass is 19.4. The molecule has 0 fully saturated rings. The van der Waals surface area contributed by atoms with E-state index >= 15 is 0 Å². The van der Waals surface area contributed by atoms with Crippen LogP contribution >= 0.6 is 0 Å². The van der Waals surface area contributed by atoms with Crippen LogP contribution in [0.3, 0.4) is 0 Å². The molecule has 1 N–H and O–H groups in total. The van der Waals surface area contributed by atoms with Crippen molar-refractivity contribution >= 4 is 5.69 Å². The van der Waals surface area contributed by atoms with Crippen LogP contribution in [-0.4, -0.2) is 21.8 Å². The van der Waals surface area contributed by atoms with Gasteiger partial charge >= 0.3 is 6.18 Å². The first kappa shape index (κ1) is 15.4. The summed E-state index contributed by atoms with van der Waals surface area (Å²) in [6.07, 6.45) is 1.06. The van der Waals surface area contributed by atoms with E-state index in [2.05, 4.69) is 10.3 Å².